The molecular formula is C24H22N2O2. The number of benzene rings is 3. The van der Waals surface area contributed by atoms with Crippen molar-refractivity contribution in [2.45, 2.75) is 20.4 Å². The summed E-state index contributed by atoms with van der Waals surface area (Å²) in [5.41, 5.74) is 5.96. The normalized spacial score (nSPS) is 10.9. The molecule has 0 N–H and O–H groups in total. The van der Waals surface area contributed by atoms with Gasteiger partial charge in [0.05, 0.1) is 23.2 Å². The van der Waals surface area contributed by atoms with Crippen molar-refractivity contribution in [3.8, 4) is 11.1 Å². The van der Waals surface area contributed by atoms with E-state index in [9.17, 15) is 4.79 Å². The second kappa shape index (κ2) is 7.69. The summed E-state index contributed by atoms with van der Waals surface area (Å²) >= 11 is 0. The summed E-state index contributed by atoms with van der Waals surface area (Å²) in [4.78, 5) is 16.7. The molecule has 0 spiro atoms. The Bertz CT molecular complexity index is 1110. The third kappa shape index (κ3) is 3.54. The monoisotopic (exact) mass is 370 g/mol. The smallest absolute Gasteiger partial charge is 0.338 e. The standard InChI is InChI=1S/C24H22N2O2/c1-3-28-24(27)21-13-14-22-23(15-21)26(17(2)25-22)16-18-9-11-20(12-10-18)19-7-5-4-6-8-19/h4-15H,3,16H2,1-2H3. The maximum absolute atomic E-state index is 12.1. The molecule has 1 heterocycles. The lowest BCUT2D eigenvalue weighted by atomic mass is 10.0. The molecule has 28 heavy (non-hydrogen) atoms. The van der Waals surface area contributed by atoms with Crippen LogP contribution in [0.1, 0.15) is 28.7 Å². The lowest BCUT2D eigenvalue weighted by molar-refractivity contribution is 0.0526. The molecule has 0 unspecified atom stereocenters. The zero-order valence-corrected chi connectivity index (χ0v) is 16.1. The van der Waals surface area contributed by atoms with Gasteiger partial charge in [-0.15, -0.1) is 0 Å². The molecule has 1 aromatic heterocycles. The van der Waals surface area contributed by atoms with Crippen LogP contribution in [0, 0.1) is 6.92 Å². The predicted octanol–water partition coefficient (Wildman–Crippen LogP) is 5.24. The van der Waals surface area contributed by atoms with Crippen LogP contribution in [-0.2, 0) is 11.3 Å². The molecule has 3 aromatic carbocycles. The molecule has 4 rings (SSSR count). The number of imidazole rings is 1. The molecular weight excluding hydrogens is 348 g/mol. The molecule has 4 aromatic rings. The molecule has 4 nitrogen and oxygen atoms in total. The van der Waals surface area contributed by atoms with Crippen LogP contribution >= 0.6 is 0 Å². The van der Waals surface area contributed by atoms with Gasteiger partial charge in [-0.3, -0.25) is 0 Å². The summed E-state index contributed by atoms with van der Waals surface area (Å²) in [6.07, 6.45) is 0. The minimum atomic E-state index is -0.304. The van der Waals surface area contributed by atoms with E-state index in [0.29, 0.717) is 18.7 Å². The van der Waals surface area contributed by atoms with Gasteiger partial charge in [-0.25, -0.2) is 9.78 Å². The minimum Gasteiger partial charge on any atom is -0.462 e. The van der Waals surface area contributed by atoms with Crippen molar-refractivity contribution in [3.05, 3.63) is 89.7 Å². The molecule has 0 amide bonds. The zero-order valence-electron chi connectivity index (χ0n) is 16.1. The van der Waals surface area contributed by atoms with E-state index in [1.165, 1.54) is 16.7 Å². The van der Waals surface area contributed by atoms with Gasteiger partial charge in [-0.1, -0.05) is 54.6 Å². The number of nitrogens with zero attached hydrogens (tertiary/aromatic N) is 2. The maximum atomic E-state index is 12.1. The molecule has 0 aliphatic heterocycles. The molecule has 0 bridgehead atoms. The van der Waals surface area contributed by atoms with Gasteiger partial charge in [0.15, 0.2) is 0 Å². The number of ether oxygens (including phenoxy) is 1. The van der Waals surface area contributed by atoms with E-state index in [-0.39, 0.29) is 5.97 Å². The zero-order chi connectivity index (χ0) is 19.5. The van der Waals surface area contributed by atoms with Crippen LogP contribution in [0.15, 0.2) is 72.8 Å². The third-order valence-electron chi connectivity index (χ3n) is 4.85. The molecule has 0 atom stereocenters. The number of esters is 1. The summed E-state index contributed by atoms with van der Waals surface area (Å²) in [6.45, 7) is 4.86. The highest BCUT2D eigenvalue weighted by Crippen LogP contribution is 2.22. The number of hydrogen-bond acceptors (Lipinski definition) is 3. The van der Waals surface area contributed by atoms with E-state index in [0.717, 1.165) is 16.9 Å². The molecule has 0 saturated carbocycles. The summed E-state index contributed by atoms with van der Waals surface area (Å²) in [5.74, 6) is 0.616. The first-order chi connectivity index (χ1) is 13.7. The second-order valence-corrected chi connectivity index (χ2v) is 6.73. The van der Waals surface area contributed by atoms with Crippen molar-refractivity contribution in [1.82, 2.24) is 9.55 Å². The first-order valence-corrected chi connectivity index (χ1v) is 9.44. The minimum absolute atomic E-state index is 0.304. The number of rotatable bonds is 5. The summed E-state index contributed by atoms with van der Waals surface area (Å²) in [6, 6.07) is 24.4. The van der Waals surface area contributed by atoms with Gasteiger partial charge in [0.2, 0.25) is 0 Å². The summed E-state index contributed by atoms with van der Waals surface area (Å²) < 4.78 is 7.26. The van der Waals surface area contributed by atoms with Crippen LogP contribution in [0.25, 0.3) is 22.2 Å². The van der Waals surface area contributed by atoms with Crippen molar-refractivity contribution in [1.29, 1.82) is 0 Å². The lowest BCUT2D eigenvalue weighted by Gasteiger charge is -2.09. The maximum Gasteiger partial charge on any atom is 0.338 e. The van der Waals surface area contributed by atoms with Crippen molar-refractivity contribution in [2.75, 3.05) is 6.61 Å². The number of carbonyl (C=O) groups excluding carboxylic acids is 1. The molecule has 0 aliphatic rings. The first kappa shape index (κ1) is 18.0. The Labute approximate surface area is 164 Å². The average molecular weight is 370 g/mol. The average Bonchev–Trinajstić information content (AvgIpc) is 3.04. The number of fused-ring (bicyclic) bond motifs is 1. The van der Waals surface area contributed by atoms with Crippen molar-refractivity contribution in [3.63, 3.8) is 0 Å². The van der Waals surface area contributed by atoms with Crippen LogP contribution in [-0.4, -0.2) is 22.1 Å². The Balaban J connectivity index is 1.64. The molecule has 140 valence electrons. The Hall–Kier alpha value is -3.40. The summed E-state index contributed by atoms with van der Waals surface area (Å²) in [7, 11) is 0. The number of aryl methyl sites for hydroxylation is 1. The topological polar surface area (TPSA) is 44.1 Å². The highest BCUT2D eigenvalue weighted by Gasteiger charge is 2.13. The van der Waals surface area contributed by atoms with E-state index in [1.54, 1.807) is 6.07 Å². The number of carbonyl (C=O) groups is 1. The molecule has 0 radical (unpaired) electrons. The highest BCUT2D eigenvalue weighted by molar-refractivity contribution is 5.93. The largest absolute Gasteiger partial charge is 0.462 e. The fourth-order valence-corrected chi connectivity index (χ4v) is 3.40. The first-order valence-electron chi connectivity index (χ1n) is 9.44. The van der Waals surface area contributed by atoms with E-state index in [4.69, 9.17) is 4.74 Å². The van der Waals surface area contributed by atoms with Crippen LogP contribution in [0.3, 0.4) is 0 Å². The van der Waals surface area contributed by atoms with Gasteiger partial charge >= 0.3 is 5.97 Å². The van der Waals surface area contributed by atoms with E-state index >= 15 is 0 Å². The fraction of sp³-hybridized carbons (Fsp3) is 0.167. The van der Waals surface area contributed by atoms with Crippen LogP contribution in [0.5, 0.6) is 0 Å². The van der Waals surface area contributed by atoms with Gasteiger partial charge in [0.1, 0.15) is 5.82 Å². The van der Waals surface area contributed by atoms with Crippen LogP contribution in [0.2, 0.25) is 0 Å². The van der Waals surface area contributed by atoms with Crippen molar-refractivity contribution >= 4 is 17.0 Å². The fourth-order valence-electron chi connectivity index (χ4n) is 3.40. The number of aromatic nitrogens is 2. The molecule has 0 fully saturated rings. The van der Waals surface area contributed by atoms with Crippen molar-refractivity contribution < 1.29 is 9.53 Å². The van der Waals surface area contributed by atoms with Gasteiger partial charge in [-0.05, 0) is 48.7 Å². The quantitative estimate of drug-likeness (QED) is 0.452. The summed E-state index contributed by atoms with van der Waals surface area (Å²) in [5, 5.41) is 0. The molecule has 0 saturated heterocycles. The molecule has 4 heteroatoms. The SMILES string of the molecule is CCOC(=O)c1ccc2nc(C)n(Cc3ccc(-c4ccccc4)cc3)c2c1. The number of hydrogen-bond donors (Lipinski definition) is 0. The Kier molecular flexibility index (Phi) is 4.94. The van der Waals surface area contributed by atoms with Crippen molar-refractivity contribution in [2.24, 2.45) is 0 Å². The van der Waals surface area contributed by atoms with E-state index < -0.39 is 0 Å². The van der Waals surface area contributed by atoms with Gasteiger partial charge in [0, 0.05) is 6.54 Å². The second-order valence-electron chi connectivity index (χ2n) is 6.73. The van der Waals surface area contributed by atoms with Crippen LogP contribution in [0.4, 0.5) is 0 Å². The molecule has 0 aliphatic carbocycles. The van der Waals surface area contributed by atoms with E-state index in [2.05, 4.69) is 45.9 Å². The van der Waals surface area contributed by atoms with Crippen LogP contribution < -0.4 is 0 Å². The Morgan fingerprint density at radius 1 is 0.964 bits per heavy atom. The van der Waals surface area contributed by atoms with Gasteiger partial charge < -0.3 is 9.30 Å². The third-order valence-corrected chi connectivity index (χ3v) is 4.85. The lowest BCUT2D eigenvalue weighted by Crippen LogP contribution is -2.06. The highest BCUT2D eigenvalue weighted by atomic mass is 16.5. The Morgan fingerprint density at radius 3 is 2.39 bits per heavy atom. The van der Waals surface area contributed by atoms with Gasteiger partial charge in [-0.2, -0.15) is 0 Å². The van der Waals surface area contributed by atoms with E-state index in [1.807, 2.05) is 44.2 Å². The predicted molar refractivity (Wildman–Crippen MR) is 111 cm³/mol. The van der Waals surface area contributed by atoms with Gasteiger partial charge in [0.25, 0.3) is 0 Å². The Morgan fingerprint density at radius 2 is 1.68 bits per heavy atom.